The quantitative estimate of drug-likeness (QED) is 0.780. The third-order valence-corrected chi connectivity index (χ3v) is 5.49. The van der Waals surface area contributed by atoms with Crippen molar-refractivity contribution in [2.75, 3.05) is 26.2 Å². The molecule has 0 spiro atoms. The zero-order chi connectivity index (χ0) is 12.5. The predicted molar refractivity (Wildman–Crippen MR) is 76.6 cm³/mol. The van der Waals surface area contributed by atoms with Crippen molar-refractivity contribution >= 4 is 0 Å². The van der Waals surface area contributed by atoms with Crippen LogP contribution in [-0.4, -0.2) is 37.1 Å². The lowest BCUT2D eigenvalue weighted by molar-refractivity contribution is 0.137. The molecule has 1 saturated heterocycles. The number of likely N-dealkylation sites (tertiary alicyclic amines) is 1. The molecule has 0 aromatic rings. The Kier molecular flexibility index (Phi) is 3.95. The smallest absolute Gasteiger partial charge is 0.0124 e. The highest BCUT2D eigenvalue weighted by Gasteiger charge is 2.40. The van der Waals surface area contributed by atoms with Crippen molar-refractivity contribution in [3.8, 4) is 0 Å². The second kappa shape index (κ2) is 5.50. The molecule has 0 amide bonds. The molecule has 2 aliphatic carbocycles. The third kappa shape index (κ3) is 3.27. The van der Waals surface area contributed by atoms with Gasteiger partial charge in [0.2, 0.25) is 0 Å². The Morgan fingerprint density at radius 3 is 2.22 bits per heavy atom. The first-order valence-corrected chi connectivity index (χ1v) is 8.20. The molecule has 2 nitrogen and oxygen atoms in total. The maximum Gasteiger partial charge on any atom is 0.0124 e. The molecule has 2 saturated carbocycles. The highest BCUT2D eigenvalue weighted by Crippen LogP contribution is 2.44. The van der Waals surface area contributed by atoms with Crippen LogP contribution in [0.3, 0.4) is 0 Å². The fourth-order valence-corrected chi connectivity index (χ4v) is 3.57. The molecule has 3 aliphatic rings. The second-order valence-corrected chi connectivity index (χ2v) is 7.20. The summed E-state index contributed by atoms with van der Waals surface area (Å²) in [6.45, 7) is 9.97. The average Bonchev–Trinajstić information content (AvgIpc) is 3.22. The summed E-state index contributed by atoms with van der Waals surface area (Å²) in [4.78, 5) is 2.68. The molecule has 3 fully saturated rings. The summed E-state index contributed by atoms with van der Waals surface area (Å²) in [5.74, 6) is 3.90. The van der Waals surface area contributed by atoms with Crippen LogP contribution in [0, 0.1) is 23.7 Å². The zero-order valence-corrected chi connectivity index (χ0v) is 12.2. The normalized spacial score (nSPS) is 34.2. The van der Waals surface area contributed by atoms with Gasteiger partial charge in [0.1, 0.15) is 0 Å². The molecule has 2 heteroatoms. The minimum absolute atomic E-state index is 0.881. The molecule has 1 heterocycles. The van der Waals surface area contributed by atoms with Crippen LogP contribution in [0.2, 0.25) is 0 Å². The number of hydrogen-bond donors (Lipinski definition) is 1. The first kappa shape index (κ1) is 12.9. The molecular formula is C16H30N2. The van der Waals surface area contributed by atoms with Gasteiger partial charge in [-0.15, -0.1) is 0 Å². The van der Waals surface area contributed by atoms with E-state index in [2.05, 4.69) is 24.1 Å². The zero-order valence-electron chi connectivity index (χ0n) is 12.2. The van der Waals surface area contributed by atoms with Crippen molar-refractivity contribution in [1.82, 2.24) is 10.2 Å². The van der Waals surface area contributed by atoms with E-state index >= 15 is 0 Å². The molecule has 18 heavy (non-hydrogen) atoms. The highest BCUT2D eigenvalue weighted by molar-refractivity contribution is 4.96. The van der Waals surface area contributed by atoms with Crippen molar-refractivity contribution < 1.29 is 0 Å². The lowest BCUT2D eigenvalue weighted by atomic mass is 9.89. The topological polar surface area (TPSA) is 15.3 Å². The van der Waals surface area contributed by atoms with E-state index in [0.29, 0.717) is 0 Å². The van der Waals surface area contributed by atoms with Gasteiger partial charge in [-0.2, -0.15) is 0 Å². The van der Waals surface area contributed by atoms with E-state index in [1.54, 1.807) is 0 Å². The molecule has 2 unspecified atom stereocenters. The molecule has 1 aliphatic heterocycles. The summed E-state index contributed by atoms with van der Waals surface area (Å²) in [5, 5.41) is 3.88. The first-order chi connectivity index (χ1) is 8.74. The summed E-state index contributed by atoms with van der Waals surface area (Å²) < 4.78 is 0. The van der Waals surface area contributed by atoms with Crippen molar-refractivity contribution in [2.24, 2.45) is 23.7 Å². The van der Waals surface area contributed by atoms with Crippen molar-refractivity contribution in [3.05, 3.63) is 0 Å². The lowest BCUT2D eigenvalue weighted by Gasteiger charge is -2.35. The SMILES string of the molecule is CC1CCN(CCNC(C2CC2)C2CC2)CC1C. The Labute approximate surface area is 113 Å². The Bertz CT molecular complexity index is 258. The monoisotopic (exact) mass is 250 g/mol. The molecule has 2 atom stereocenters. The van der Waals surface area contributed by atoms with Gasteiger partial charge in [0, 0.05) is 25.7 Å². The predicted octanol–water partition coefficient (Wildman–Crippen LogP) is 2.74. The number of piperidine rings is 1. The van der Waals surface area contributed by atoms with E-state index < -0.39 is 0 Å². The average molecular weight is 250 g/mol. The van der Waals surface area contributed by atoms with Crippen LogP contribution in [0.1, 0.15) is 46.0 Å². The van der Waals surface area contributed by atoms with Crippen LogP contribution in [0.5, 0.6) is 0 Å². The van der Waals surface area contributed by atoms with Gasteiger partial charge in [-0.3, -0.25) is 0 Å². The summed E-state index contributed by atoms with van der Waals surface area (Å²) >= 11 is 0. The van der Waals surface area contributed by atoms with Gasteiger partial charge >= 0.3 is 0 Å². The largest absolute Gasteiger partial charge is 0.312 e. The molecule has 0 aromatic heterocycles. The van der Waals surface area contributed by atoms with Gasteiger partial charge in [-0.1, -0.05) is 13.8 Å². The van der Waals surface area contributed by atoms with E-state index in [1.807, 2.05) is 0 Å². The summed E-state index contributed by atoms with van der Waals surface area (Å²) in [5.41, 5.74) is 0. The van der Waals surface area contributed by atoms with E-state index in [0.717, 1.165) is 29.7 Å². The van der Waals surface area contributed by atoms with E-state index in [1.165, 1.54) is 58.3 Å². The van der Waals surface area contributed by atoms with Crippen LogP contribution in [0.4, 0.5) is 0 Å². The van der Waals surface area contributed by atoms with Crippen LogP contribution >= 0.6 is 0 Å². The second-order valence-electron chi connectivity index (χ2n) is 7.20. The van der Waals surface area contributed by atoms with Crippen LogP contribution in [0.25, 0.3) is 0 Å². The van der Waals surface area contributed by atoms with Crippen LogP contribution < -0.4 is 5.32 Å². The lowest BCUT2D eigenvalue weighted by Crippen LogP contribution is -2.44. The molecule has 0 radical (unpaired) electrons. The molecular weight excluding hydrogens is 220 g/mol. The Hall–Kier alpha value is -0.0800. The van der Waals surface area contributed by atoms with Crippen molar-refractivity contribution in [1.29, 1.82) is 0 Å². The molecule has 0 aromatic carbocycles. The summed E-state index contributed by atoms with van der Waals surface area (Å²) in [6, 6.07) is 0.881. The van der Waals surface area contributed by atoms with Gasteiger partial charge < -0.3 is 10.2 Å². The Morgan fingerprint density at radius 2 is 1.67 bits per heavy atom. The summed E-state index contributed by atoms with van der Waals surface area (Å²) in [6.07, 6.45) is 7.37. The van der Waals surface area contributed by atoms with E-state index in [-0.39, 0.29) is 0 Å². The minimum atomic E-state index is 0.881. The first-order valence-electron chi connectivity index (χ1n) is 8.20. The van der Waals surface area contributed by atoms with Gasteiger partial charge in [-0.25, -0.2) is 0 Å². The molecule has 3 rings (SSSR count). The maximum atomic E-state index is 3.88. The number of hydrogen-bond acceptors (Lipinski definition) is 2. The fourth-order valence-electron chi connectivity index (χ4n) is 3.57. The number of rotatable bonds is 6. The summed E-state index contributed by atoms with van der Waals surface area (Å²) in [7, 11) is 0. The molecule has 1 N–H and O–H groups in total. The Morgan fingerprint density at radius 1 is 1.00 bits per heavy atom. The number of nitrogens with one attached hydrogen (secondary N) is 1. The molecule has 104 valence electrons. The maximum absolute atomic E-state index is 3.88. The number of nitrogens with zero attached hydrogens (tertiary/aromatic N) is 1. The van der Waals surface area contributed by atoms with Gasteiger partial charge in [-0.05, 0) is 62.3 Å². The van der Waals surface area contributed by atoms with Crippen molar-refractivity contribution in [3.63, 3.8) is 0 Å². The Balaban J connectivity index is 1.36. The van der Waals surface area contributed by atoms with Crippen molar-refractivity contribution in [2.45, 2.75) is 52.0 Å². The van der Waals surface area contributed by atoms with E-state index in [9.17, 15) is 0 Å². The fraction of sp³-hybridized carbons (Fsp3) is 1.00. The third-order valence-electron chi connectivity index (χ3n) is 5.49. The van der Waals surface area contributed by atoms with Gasteiger partial charge in [0.25, 0.3) is 0 Å². The standard InChI is InChI=1S/C16H30N2/c1-12-7-9-18(11-13(12)2)10-8-17-16(14-3-4-14)15-5-6-15/h12-17H,3-11H2,1-2H3. The highest BCUT2D eigenvalue weighted by atomic mass is 15.1. The minimum Gasteiger partial charge on any atom is -0.312 e. The van der Waals surface area contributed by atoms with Crippen LogP contribution in [-0.2, 0) is 0 Å². The van der Waals surface area contributed by atoms with E-state index in [4.69, 9.17) is 0 Å². The van der Waals surface area contributed by atoms with Gasteiger partial charge in [0.05, 0.1) is 0 Å². The van der Waals surface area contributed by atoms with Gasteiger partial charge in [0.15, 0.2) is 0 Å². The van der Waals surface area contributed by atoms with Crippen LogP contribution in [0.15, 0.2) is 0 Å². The molecule has 0 bridgehead atoms.